The fourth-order valence-corrected chi connectivity index (χ4v) is 3.75. The number of morpholine rings is 1. The number of nitrogens with zero attached hydrogens (tertiary/aromatic N) is 1. The van der Waals surface area contributed by atoms with Crippen LogP contribution in [-0.4, -0.2) is 72.5 Å². The molecule has 1 aliphatic rings. The molecule has 4 N–H and O–H groups in total. The van der Waals surface area contributed by atoms with E-state index in [0.29, 0.717) is 5.56 Å². The fraction of sp³-hybridized carbons (Fsp3) is 0.367. The third-order valence-corrected chi connectivity index (χ3v) is 5.79. The SMILES string of the molecule is CC(C)(C)OC(=O)NCC(NC(=O)c1ccc(C#C/C=C/c2ccc(CN3CCOCC3)cc2)cc1)C(=O)NO. The van der Waals surface area contributed by atoms with Crippen LogP contribution >= 0.6 is 0 Å². The molecular formula is C30H36N4O6. The maximum atomic E-state index is 12.6. The number of hydroxylamine groups is 1. The predicted molar refractivity (Wildman–Crippen MR) is 150 cm³/mol. The van der Waals surface area contributed by atoms with Gasteiger partial charge in [-0.3, -0.25) is 19.7 Å². The third-order valence-electron chi connectivity index (χ3n) is 5.79. The lowest BCUT2D eigenvalue weighted by Crippen LogP contribution is -2.52. The molecule has 0 aromatic heterocycles. The summed E-state index contributed by atoms with van der Waals surface area (Å²) >= 11 is 0. The van der Waals surface area contributed by atoms with E-state index in [2.05, 4.69) is 51.6 Å². The molecule has 212 valence electrons. The zero-order valence-corrected chi connectivity index (χ0v) is 23.0. The Morgan fingerprint density at radius 1 is 1.07 bits per heavy atom. The molecule has 10 nitrogen and oxygen atoms in total. The molecule has 2 aromatic carbocycles. The highest BCUT2D eigenvalue weighted by Gasteiger charge is 2.23. The van der Waals surface area contributed by atoms with Gasteiger partial charge in [0, 0.05) is 30.8 Å². The summed E-state index contributed by atoms with van der Waals surface area (Å²) in [6.07, 6.45) is 2.95. The summed E-state index contributed by atoms with van der Waals surface area (Å²) in [6.45, 7) is 9.21. The molecule has 0 bridgehead atoms. The van der Waals surface area contributed by atoms with Gasteiger partial charge >= 0.3 is 6.09 Å². The monoisotopic (exact) mass is 548 g/mol. The molecule has 0 saturated carbocycles. The number of carbonyl (C=O) groups is 3. The molecule has 1 saturated heterocycles. The molecule has 2 aromatic rings. The first kappa shape index (κ1) is 30.4. The predicted octanol–water partition coefficient (Wildman–Crippen LogP) is 2.71. The van der Waals surface area contributed by atoms with Crippen LogP contribution in [0, 0.1) is 11.8 Å². The van der Waals surface area contributed by atoms with Crippen molar-refractivity contribution >= 4 is 24.0 Å². The van der Waals surface area contributed by atoms with E-state index in [-0.39, 0.29) is 12.1 Å². The standard InChI is InChI=1S/C30H36N4O6/c1-30(2,3)40-29(37)31-20-26(28(36)33-38)32-27(35)25-14-12-23(13-15-25)7-5-4-6-22-8-10-24(11-9-22)21-34-16-18-39-19-17-34/h4,6,8-15,26,38H,16-21H2,1-3H3,(H,31,37)(H,32,35)(H,33,36)/b6-4+. The zero-order chi connectivity index (χ0) is 29.0. The number of ether oxygens (including phenoxy) is 2. The highest BCUT2D eigenvalue weighted by atomic mass is 16.6. The van der Waals surface area contributed by atoms with E-state index in [1.165, 1.54) is 11.0 Å². The van der Waals surface area contributed by atoms with E-state index in [4.69, 9.17) is 14.7 Å². The Kier molecular flexibility index (Phi) is 11.3. The Hall–Kier alpha value is -4.17. The molecule has 1 unspecified atom stereocenters. The van der Waals surface area contributed by atoms with E-state index in [0.717, 1.165) is 38.4 Å². The number of allylic oxidation sites excluding steroid dienone is 1. The minimum absolute atomic E-state index is 0.278. The number of amides is 3. The van der Waals surface area contributed by atoms with Crippen LogP contribution in [0.3, 0.4) is 0 Å². The molecule has 0 aliphatic carbocycles. The maximum Gasteiger partial charge on any atom is 0.407 e. The lowest BCUT2D eigenvalue weighted by molar-refractivity contribution is -0.131. The molecular weight excluding hydrogens is 512 g/mol. The zero-order valence-electron chi connectivity index (χ0n) is 23.0. The smallest absolute Gasteiger partial charge is 0.407 e. The summed E-state index contributed by atoms with van der Waals surface area (Å²) in [5.41, 5.74) is 4.06. The van der Waals surface area contributed by atoms with Crippen LogP contribution in [0.15, 0.2) is 54.6 Å². The van der Waals surface area contributed by atoms with Gasteiger partial charge in [0.25, 0.3) is 11.8 Å². The number of alkyl carbamates (subject to hydrolysis) is 1. The van der Waals surface area contributed by atoms with Crippen LogP contribution in [0.1, 0.15) is 47.8 Å². The van der Waals surface area contributed by atoms with Gasteiger partial charge in [-0.25, -0.2) is 10.3 Å². The van der Waals surface area contributed by atoms with Gasteiger partial charge in [-0.1, -0.05) is 36.1 Å². The number of nitrogens with one attached hydrogen (secondary N) is 3. The minimum atomic E-state index is -1.22. The molecule has 10 heteroatoms. The van der Waals surface area contributed by atoms with Crippen LogP contribution < -0.4 is 16.1 Å². The first-order valence-electron chi connectivity index (χ1n) is 13.0. The molecule has 3 rings (SSSR count). The van der Waals surface area contributed by atoms with Crippen LogP contribution in [0.5, 0.6) is 0 Å². The summed E-state index contributed by atoms with van der Waals surface area (Å²) in [7, 11) is 0. The summed E-state index contributed by atoms with van der Waals surface area (Å²) < 4.78 is 10.5. The number of rotatable bonds is 8. The molecule has 40 heavy (non-hydrogen) atoms. The van der Waals surface area contributed by atoms with Gasteiger partial charge in [0.05, 0.1) is 19.8 Å². The van der Waals surface area contributed by atoms with E-state index in [1.807, 2.05) is 6.08 Å². The number of carbonyl (C=O) groups excluding carboxylic acids is 3. The lowest BCUT2D eigenvalue weighted by atomic mass is 10.1. The largest absolute Gasteiger partial charge is 0.444 e. The van der Waals surface area contributed by atoms with E-state index >= 15 is 0 Å². The van der Waals surface area contributed by atoms with Gasteiger partial charge in [-0.15, -0.1) is 0 Å². The second kappa shape index (κ2) is 14.8. The summed E-state index contributed by atoms with van der Waals surface area (Å²) in [5, 5.41) is 13.9. The van der Waals surface area contributed by atoms with Crippen molar-refractivity contribution in [3.63, 3.8) is 0 Å². The third kappa shape index (κ3) is 10.5. The second-order valence-corrected chi connectivity index (χ2v) is 10.2. The Balaban J connectivity index is 1.51. The molecule has 1 atom stereocenters. The molecule has 0 radical (unpaired) electrons. The molecule has 3 amide bonds. The van der Waals surface area contributed by atoms with Crippen molar-refractivity contribution in [2.75, 3.05) is 32.8 Å². The van der Waals surface area contributed by atoms with Crippen molar-refractivity contribution in [2.24, 2.45) is 0 Å². The maximum absolute atomic E-state index is 12.6. The number of hydrogen-bond donors (Lipinski definition) is 4. The molecule has 1 aliphatic heterocycles. The van der Waals surface area contributed by atoms with Gasteiger partial charge < -0.3 is 20.1 Å². The Labute approximate surface area is 234 Å². The quantitative estimate of drug-likeness (QED) is 0.227. The first-order valence-corrected chi connectivity index (χ1v) is 13.0. The van der Waals surface area contributed by atoms with Crippen molar-refractivity contribution < 1.29 is 29.1 Å². The fourth-order valence-electron chi connectivity index (χ4n) is 3.75. The van der Waals surface area contributed by atoms with Crippen molar-refractivity contribution in [2.45, 2.75) is 39.0 Å². The van der Waals surface area contributed by atoms with Crippen LogP contribution in [0.25, 0.3) is 6.08 Å². The van der Waals surface area contributed by atoms with E-state index < -0.39 is 29.6 Å². The summed E-state index contributed by atoms with van der Waals surface area (Å²) in [5.74, 6) is 4.57. The van der Waals surface area contributed by atoms with Gasteiger partial charge in [-0.05, 0) is 68.3 Å². The summed E-state index contributed by atoms with van der Waals surface area (Å²) in [4.78, 5) is 38.9. The van der Waals surface area contributed by atoms with Crippen LogP contribution in [-0.2, 0) is 20.8 Å². The van der Waals surface area contributed by atoms with Crippen molar-refractivity contribution in [1.29, 1.82) is 0 Å². The molecule has 1 fully saturated rings. The topological polar surface area (TPSA) is 129 Å². The van der Waals surface area contributed by atoms with Crippen molar-refractivity contribution in [1.82, 2.24) is 21.0 Å². The van der Waals surface area contributed by atoms with Crippen molar-refractivity contribution in [3.8, 4) is 11.8 Å². The molecule has 1 heterocycles. The second-order valence-electron chi connectivity index (χ2n) is 10.2. The first-order chi connectivity index (χ1) is 19.1. The van der Waals surface area contributed by atoms with Crippen molar-refractivity contribution in [3.05, 3.63) is 76.9 Å². The number of hydrogen-bond acceptors (Lipinski definition) is 7. The summed E-state index contributed by atoms with van der Waals surface area (Å²) in [6, 6.07) is 13.7. The van der Waals surface area contributed by atoms with Gasteiger partial charge in [-0.2, -0.15) is 0 Å². The average molecular weight is 549 g/mol. The van der Waals surface area contributed by atoms with Gasteiger partial charge in [0.1, 0.15) is 11.6 Å². The number of benzene rings is 2. The van der Waals surface area contributed by atoms with E-state index in [9.17, 15) is 14.4 Å². The molecule has 0 spiro atoms. The van der Waals surface area contributed by atoms with Gasteiger partial charge in [0.15, 0.2) is 0 Å². The normalized spacial score (nSPS) is 14.5. The van der Waals surface area contributed by atoms with Crippen LogP contribution in [0.4, 0.5) is 4.79 Å². The Bertz CT molecular complexity index is 1230. The average Bonchev–Trinajstić information content (AvgIpc) is 2.93. The highest BCUT2D eigenvalue weighted by Crippen LogP contribution is 2.11. The minimum Gasteiger partial charge on any atom is -0.444 e. The van der Waals surface area contributed by atoms with Gasteiger partial charge in [0.2, 0.25) is 0 Å². The Morgan fingerprint density at radius 2 is 1.75 bits per heavy atom. The Morgan fingerprint density at radius 3 is 2.38 bits per heavy atom. The van der Waals surface area contributed by atoms with Crippen LogP contribution in [0.2, 0.25) is 0 Å². The van der Waals surface area contributed by atoms with E-state index in [1.54, 1.807) is 51.1 Å². The highest BCUT2D eigenvalue weighted by molar-refractivity contribution is 5.97. The lowest BCUT2D eigenvalue weighted by Gasteiger charge is -2.26.